The summed E-state index contributed by atoms with van der Waals surface area (Å²) in [5.74, 6) is 0.858. The van der Waals surface area contributed by atoms with E-state index >= 15 is 0 Å². The zero-order valence-electron chi connectivity index (χ0n) is 20.2. The van der Waals surface area contributed by atoms with Gasteiger partial charge in [0, 0.05) is 28.3 Å². The van der Waals surface area contributed by atoms with Crippen LogP contribution in [0, 0.1) is 13.8 Å². The standard InChI is InChI=1S/C31H27NO2/c1-18-17-33-27-16-21(10-11-23(18)27)30-19(2)28-26(34-30)12-13-32-29(28)22-14-20-8-6-7-9-24(20)25(15-22)31(3,4)5/h6-17H,1-5H3. The molecule has 3 nitrogen and oxygen atoms in total. The third kappa shape index (κ3) is 3.15. The normalized spacial score (nSPS) is 12.3. The second kappa shape index (κ2) is 7.33. The predicted molar refractivity (Wildman–Crippen MR) is 140 cm³/mol. The van der Waals surface area contributed by atoms with Crippen LogP contribution >= 0.6 is 0 Å². The first kappa shape index (κ1) is 20.7. The minimum Gasteiger partial charge on any atom is -0.464 e. The Labute approximate surface area is 199 Å². The number of hydrogen-bond acceptors (Lipinski definition) is 3. The molecule has 0 atom stereocenters. The summed E-state index contributed by atoms with van der Waals surface area (Å²) in [6.45, 7) is 11.0. The van der Waals surface area contributed by atoms with Crippen molar-refractivity contribution in [1.29, 1.82) is 0 Å². The number of hydrogen-bond donors (Lipinski definition) is 0. The first-order chi connectivity index (χ1) is 16.3. The zero-order chi connectivity index (χ0) is 23.6. The van der Waals surface area contributed by atoms with Gasteiger partial charge in [-0.2, -0.15) is 0 Å². The molecule has 3 aromatic heterocycles. The van der Waals surface area contributed by atoms with E-state index in [0.29, 0.717) is 0 Å². The van der Waals surface area contributed by atoms with E-state index < -0.39 is 0 Å². The Balaban J connectivity index is 1.59. The Morgan fingerprint density at radius 1 is 0.794 bits per heavy atom. The predicted octanol–water partition coefficient (Wildman–Crippen LogP) is 8.98. The van der Waals surface area contributed by atoms with E-state index in [9.17, 15) is 0 Å². The van der Waals surface area contributed by atoms with Crippen LogP contribution in [0.25, 0.3) is 55.3 Å². The molecule has 0 aliphatic rings. The van der Waals surface area contributed by atoms with Gasteiger partial charge in [0.2, 0.25) is 0 Å². The van der Waals surface area contributed by atoms with E-state index in [1.807, 2.05) is 12.3 Å². The largest absolute Gasteiger partial charge is 0.464 e. The molecule has 0 fully saturated rings. The van der Waals surface area contributed by atoms with Crippen molar-refractivity contribution >= 4 is 32.7 Å². The molecule has 3 heterocycles. The second-order valence-electron chi connectivity index (χ2n) is 10.2. The van der Waals surface area contributed by atoms with Crippen LogP contribution in [0.2, 0.25) is 0 Å². The van der Waals surface area contributed by atoms with E-state index in [4.69, 9.17) is 13.8 Å². The molecule has 0 N–H and O–H groups in total. The lowest BCUT2D eigenvalue weighted by Crippen LogP contribution is -2.12. The summed E-state index contributed by atoms with van der Waals surface area (Å²) in [6, 6.07) is 21.4. The van der Waals surface area contributed by atoms with Crippen LogP contribution in [0.4, 0.5) is 0 Å². The van der Waals surface area contributed by atoms with Crippen LogP contribution < -0.4 is 0 Å². The van der Waals surface area contributed by atoms with Gasteiger partial charge in [-0.3, -0.25) is 4.98 Å². The van der Waals surface area contributed by atoms with E-state index in [2.05, 4.69) is 89.2 Å². The molecular formula is C31H27NO2. The number of rotatable bonds is 2. The number of benzene rings is 3. The smallest absolute Gasteiger partial charge is 0.138 e. The number of pyridine rings is 1. The summed E-state index contributed by atoms with van der Waals surface area (Å²) in [5.41, 5.74) is 8.35. The summed E-state index contributed by atoms with van der Waals surface area (Å²) in [4.78, 5) is 4.85. The molecule has 6 rings (SSSR count). The highest BCUT2D eigenvalue weighted by Crippen LogP contribution is 2.41. The summed E-state index contributed by atoms with van der Waals surface area (Å²) in [7, 11) is 0. The number of aryl methyl sites for hydroxylation is 2. The average molecular weight is 446 g/mol. The summed E-state index contributed by atoms with van der Waals surface area (Å²) in [5, 5.41) is 4.70. The van der Waals surface area contributed by atoms with E-state index in [1.54, 1.807) is 6.26 Å². The Bertz CT molecular complexity index is 1710. The van der Waals surface area contributed by atoms with Crippen molar-refractivity contribution < 1.29 is 8.83 Å². The zero-order valence-corrected chi connectivity index (χ0v) is 20.2. The van der Waals surface area contributed by atoms with E-state index in [-0.39, 0.29) is 5.41 Å². The van der Waals surface area contributed by atoms with Crippen molar-refractivity contribution in [3.8, 4) is 22.6 Å². The van der Waals surface area contributed by atoms with Crippen molar-refractivity contribution in [2.24, 2.45) is 0 Å². The van der Waals surface area contributed by atoms with Gasteiger partial charge >= 0.3 is 0 Å². The third-order valence-electron chi connectivity index (χ3n) is 6.81. The van der Waals surface area contributed by atoms with Gasteiger partial charge < -0.3 is 8.83 Å². The van der Waals surface area contributed by atoms with Crippen LogP contribution in [0.3, 0.4) is 0 Å². The summed E-state index contributed by atoms with van der Waals surface area (Å²) >= 11 is 0. The lowest BCUT2D eigenvalue weighted by atomic mass is 9.82. The van der Waals surface area contributed by atoms with Gasteiger partial charge in [0.1, 0.15) is 16.9 Å². The fourth-order valence-electron chi connectivity index (χ4n) is 5.06. The van der Waals surface area contributed by atoms with Crippen molar-refractivity contribution in [3.05, 3.63) is 89.8 Å². The minimum absolute atomic E-state index is 0.0106. The highest BCUT2D eigenvalue weighted by molar-refractivity contribution is 6.01. The molecule has 0 saturated heterocycles. The van der Waals surface area contributed by atoms with E-state index in [0.717, 1.165) is 55.6 Å². The monoisotopic (exact) mass is 445 g/mol. The highest BCUT2D eigenvalue weighted by atomic mass is 16.3. The maximum absolute atomic E-state index is 6.41. The SMILES string of the molecule is Cc1coc2cc(-c3oc4ccnc(-c5cc(C(C)(C)C)c6ccccc6c5)c4c3C)ccc12. The summed E-state index contributed by atoms with van der Waals surface area (Å²) in [6.07, 6.45) is 3.64. The Kier molecular flexibility index (Phi) is 4.47. The molecule has 0 spiro atoms. The lowest BCUT2D eigenvalue weighted by molar-refractivity contribution is 0.596. The Hall–Kier alpha value is -3.85. The van der Waals surface area contributed by atoms with Crippen LogP contribution in [0.1, 0.15) is 37.5 Å². The third-order valence-corrected chi connectivity index (χ3v) is 6.81. The van der Waals surface area contributed by atoms with Crippen LogP contribution in [0.5, 0.6) is 0 Å². The number of nitrogens with zero attached hydrogens (tertiary/aromatic N) is 1. The van der Waals surface area contributed by atoms with Gasteiger partial charge in [0.25, 0.3) is 0 Å². The van der Waals surface area contributed by atoms with Gasteiger partial charge in [0.05, 0.1) is 17.3 Å². The molecule has 0 aliphatic carbocycles. The molecule has 3 aromatic carbocycles. The second-order valence-corrected chi connectivity index (χ2v) is 10.2. The molecule has 168 valence electrons. The quantitative estimate of drug-likeness (QED) is 0.267. The number of fused-ring (bicyclic) bond motifs is 3. The van der Waals surface area contributed by atoms with Crippen molar-refractivity contribution in [1.82, 2.24) is 4.98 Å². The first-order valence-electron chi connectivity index (χ1n) is 11.7. The Morgan fingerprint density at radius 2 is 1.62 bits per heavy atom. The molecule has 0 bridgehead atoms. The van der Waals surface area contributed by atoms with Crippen LogP contribution in [0.15, 0.2) is 82.0 Å². The lowest BCUT2D eigenvalue weighted by Gasteiger charge is -2.22. The average Bonchev–Trinajstić information content (AvgIpc) is 3.37. The molecule has 34 heavy (non-hydrogen) atoms. The molecule has 6 aromatic rings. The molecular weight excluding hydrogens is 418 g/mol. The van der Waals surface area contributed by atoms with Gasteiger partial charge in [-0.1, -0.05) is 57.2 Å². The molecule has 3 heteroatoms. The van der Waals surface area contributed by atoms with Crippen molar-refractivity contribution in [3.63, 3.8) is 0 Å². The molecule has 0 amide bonds. The maximum atomic E-state index is 6.41. The minimum atomic E-state index is 0.0106. The first-order valence-corrected chi connectivity index (χ1v) is 11.7. The fourth-order valence-corrected chi connectivity index (χ4v) is 5.06. The van der Waals surface area contributed by atoms with Gasteiger partial charge in [0.15, 0.2) is 0 Å². The van der Waals surface area contributed by atoms with Gasteiger partial charge in [-0.15, -0.1) is 0 Å². The number of furan rings is 2. The van der Waals surface area contributed by atoms with Crippen molar-refractivity contribution in [2.75, 3.05) is 0 Å². The van der Waals surface area contributed by atoms with Crippen LogP contribution in [-0.2, 0) is 5.41 Å². The van der Waals surface area contributed by atoms with Crippen LogP contribution in [-0.4, -0.2) is 4.98 Å². The number of aromatic nitrogens is 1. The highest BCUT2D eigenvalue weighted by Gasteiger charge is 2.22. The molecule has 0 unspecified atom stereocenters. The van der Waals surface area contributed by atoms with Gasteiger partial charge in [-0.25, -0.2) is 0 Å². The van der Waals surface area contributed by atoms with Gasteiger partial charge in [-0.05, 0) is 65.4 Å². The topological polar surface area (TPSA) is 39.2 Å². The van der Waals surface area contributed by atoms with Crippen molar-refractivity contribution in [2.45, 2.75) is 40.0 Å². The maximum Gasteiger partial charge on any atom is 0.138 e. The summed E-state index contributed by atoms with van der Waals surface area (Å²) < 4.78 is 12.2. The Morgan fingerprint density at radius 3 is 2.44 bits per heavy atom. The molecule has 0 saturated carbocycles. The fraction of sp³-hybridized carbons (Fsp3) is 0.194. The molecule has 0 aliphatic heterocycles. The molecule has 0 radical (unpaired) electrons. The van der Waals surface area contributed by atoms with E-state index in [1.165, 1.54) is 16.3 Å².